The number of hydrogen-bond acceptors (Lipinski definition) is 3. The highest BCUT2D eigenvalue weighted by Gasteiger charge is 2.51. The molecular weight excluding hydrogens is 242 g/mol. The van der Waals surface area contributed by atoms with Crippen LogP contribution in [-0.2, 0) is 9.53 Å². The normalized spacial score (nSPS) is 24.1. The molecule has 2 aliphatic carbocycles. The lowest BCUT2D eigenvalue weighted by atomic mass is 9.90. The van der Waals surface area contributed by atoms with Gasteiger partial charge in [-0.2, -0.15) is 0 Å². The summed E-state index contributed by atoms with van der Waals surface area (Å²) in [6.07, 6.45) is 8.44. The van der Waals surface area contributed by atoms with Gasteiger partial charge >= 0.3 is 5.97 Å². The van der Waals surface area contributed by atoms with Crippen LogP contribution >= 0.6 is 0 Å². The topological polar surface area (TPSA) is 58.6 Å². The van der Waals surface area contributed by atoms with Gasteiger partial charge in [-0.1, -0.05) is 26.2 Å². The second-order valence-corrected chi connectivity index (χ2v) is 6.10. The molecule has 2 rings (SSSR count). The van der Waals surface area contributed by atoms with Crippen molar-refractivity contribution < 1.29 is 14.6 Å². The first-order valence-corrected chi connectivity index (χ1v) is 7.75. The fourth-order valence-electron chi connectivity index (χ4n) is 3.26. The van der Waals surface area contributed by atoms with Crippen LogP contribution in [0.5, 0.6) is 0 Å². The highest BCUT2D eigenvalue weighted by Crippen LogP contribution is 2.40. The summed E-state index contributed by atoms with van der Waals surface area (Å²) in [6, 6.07) is 0. The molecule has 110 valence electrons. The zero-order valence-corrected chi connectivity index (χ0v) is 12.0. The lowest BCUT2D eigenvalue weighted by Crippen LogP contribution is -2.57. The van der Waals surface area contributed by atoms with Crippen molar-refractivity contribution in [3.63, 3.8) is 0 Å². The summed E-state index contributed by atoms with van der Waals surface area (Å²) in [5, 5.41) is 12.7. The third-order valence-electron chi connectivity index (χ3n) is 4.56. The van der Waals surface area contributed by atoms with E-state index >= 15 is 0 Å². The van der Waals surface area contributed by atoms with Crippen molar-refractivity contribution in [1.82, 2.24) is 5.32 Å². The van der Waals surface area contributed by atoms with Gasteiger partial charge in [-0.15, -0.1) is 0 Å². The van der Waals surface area contributed by atoms with Crippen molar-refractivity contribution in [3.8, 4) is 0 Å². The molecule has 1 unspecified atom stereocenters. The first-order valence-electron chi connectivity index (χ1n) is 7.75. The Kier molecular flexibility index (Phi) is 5.22. The number of carbonyl (C=O) groups is 1. The highest BCUT2D eigenvalue weighted by atomic mass is 16.5. The minimum absolute atomic E-state index is 0.247. The molecule has 2 saturated carbocycles. The van der Waals surface area contributed by atoms with Crippen LogP contribution in [-0.4, -0.2) is 36.4 Å². The Hall–Kier alpha value is -0.610. The molecular formula is C15H27NO3. The standard InChI is InChI=1S/C15H27NO3/c1-2-16-15(14(17)18,13-8-9-13)11-19-10-12-6-4-3-5-7-12/h12-13,16H,2-11H2,1H3,(H,17,18). The summed E-state index contributed by atoms with van der Waals surface area (Å²) < 4.78 is 5.81. The van der Waals surface area contributed by atoms with Crippen LogP contribution in [0.2, 0.25) is 0 Å². The molecule has 0 saturated heterocycles. The predicted molar refractivity (Wildman–Crippen MR) is 74.2 cm³/mol. The number of likely N-dealkylation sites (N-methyl/N-ethyl adjacent to an activating group) is 1. The summed E-state index contributed by atoms with van der Waals surface area (Å²) in [6.45, 7) is 3.68. The summed E-state index contributed by atoms with van der Waals surface area (Å²) in [5.74, 6) is 0.137. The first-order chi connectivity index (χ1) is 9.19. The monoisotopic (exact) mass is 269 g/mol. The maximum Gasteiger partial charge on any atom is 0.326 e. The quantitative estimate of drug-likeness (QED) is 0.710. The number of aliphatic carboxylic acids is 1. The smallest absolute Gasteiger partial charge is 0.326 e. The fraction of sp³-hybridized carbons (Fsp3) is 0.933. The number of rotatable bonds is 8. The Balaban J connectivity index is 1.83. The van der Waals surface area contributed by atoms with E-state index in [4.69, 9.17) is 4.74 Å². The van der Waals surface area contributed by atoms with Crippen molar-refractivity contribution in [2.75, 3.05) is 19.8 Å². The number of carboxylic acid groups (broad SMARTS) is 1. The van der Waals surface area contributed by atoms with Crippen LogP contribution in [0.15, 0.2) is 0 Å². The van der Waals surface area contributed by atoms with Gasteiger partial charge in [0.15, 0.2) is 0 Å². The van der Waals surface area contributed by atoms with Crippen LogP contribution in [0.4, 0.5) is 0 Å². The molecule has 0 bridgehead atoms. The maximum absolute atomic E-state index is 11.6. The number of carboxylic acids is 1. The van der Waals surface area contributed by atoms with Gasteiger partial charge in [0.05, 0.1) is 6.61 Å². The Morgan fingerprint density at radius 3 is 2.47 bits per heavy atom. The molecule has 0 spiro atoms. The van der Waals surface area contributed by atoms with Crippen molar-refractivity contribution in [3.05, 3.63) is 0 Å². The Morgan fingerprint density at radius 1 is 1.26 bits per heavy atom. The van der Waals surface area contributed by atoms with E-state index in [1.54, 1.807) is 0 Å². The van der Waals surface area contributed by atoms with Gasteiger partial charge in [0.25, 0.3) is 0 Å². The molecule has 4 nitrogen and oxygen atoms in total. The Bertz CT molecular complexity index is 298. The van der Waals surface area contributed by atoms with Crippen LogP contribution in [0.25, 0.3) is 0 Å². The average molecular weight is 269 g/mol. The van der Waals surface area contributed by atoms with Gasteiger partial charge in [-0.3, -0.25) is 10.1 Å². The van der Waals surface area contributed by atoms with Crippen molar-refractivity contribution in [1.29, 1.82) is 0 Å². The molecule has 0 amide bonds. The molecule has 19 heavy (non-hydrogen) atoms. The third-order valence-corrected chi connectivity index (χ3v) is 4.56. The molecule has 2 aliphatic rings. The fourth-order valence-corrected chi connectivity index (χ4v) is 3.26. The minimum atomic E-state index is -0.844. The average Bonchev–Trinajstić information content (AvgIpc) is 3.23. The van der Waals surface area contributed by atoms with Gasteiger partial charge in [-0.05, 0) is 44.1 Å². The van der Waals surface area contributed by atoms with E-state index in [9.17, 15) is 9.90 Å². The van der Waals surface area contributed by atoms with Gasteiger partial charge in [0.2, 0.25) is 0 Å². The van der Waals surface area contributed by atoms with E-state index in [1.165, 1.54) is 32.1 Å². The van der Waals surface area contributed by atoms with Crippen LogP contribution in [0, 0.1) is 11.8 Å². The largest absolute Gasteiger partial charge is 0.480 e. The van der Waals surface area contributed by atoms with Crippen LogP contribution in [0.3, 0.4) is 0 Å². The molecule has 4 heteroatoms. The molecule has 0 heterocycles. The summed E-state index contributed by atoms with van der Waals surface area (Å²) in [5.41, 5.74) is -0.844. The zero-order valence-electron chi connectivity index (χ0n) is 12.0. The minimum Gasteiger partial charge on any atom is -0.480 e. The van der Waals surface area contributed by atoms with Crippen molar-refractivity contribution in [2.24, 2.45) is 11.8 Å². The lowest BCUT2D eigenvalue weighted by molar-refractivity contribution is -0.149. The van der Waals surface area contributed by atoms with Crippen molar-refractivity contribution >= 4 is 5.97 Å². The van der Waals surface area contributed by atoms with E-state index < -0.39 is 11.5 Å². The van der Waals surface area contributed by atoms with E-state index in [2.05, 4.69) is 5.32 Å². The molecule has 1 atom stereocenters. The SMILES string of the molecule is CCNC(COCC1CCCCC1)(C(=O)O)C1CC1. The molecule has 0 radical (unpaired) electrons. The number of ether oxygens (including phenoxy) is 1. The number of hydrogen-bond donors (Lipinski definition) is 2. The van der Waals surface area contributed by atoms with E-state index in [1.807, 2.05) is 6.92 Å². The van der Waals surface area contributed by atoms with Gasteiger partial charge in [0, 0.05) is 6.61 Å². The van der Waals surface area contributed by atoms with E-state index in [0.717, 1.165) is 19.4 Å². The Labute approximate surface area is 115 Å². The lowest BCUT2D eigenvalue weighted by Gasteiger charge is -2.31. The molecule has 2 N–H and O–H groups in total. The second kappa shape index (κ2) is 6.71. The second-order valence-electron chi connectivity index (χ2n) is 6.10. The molecule has 2 fully saturated rings. The van der Waals surface area contributed by atoms with Crippen LogP contribution < -0.4 is 5.32 Å². The zero-order chi connectivity index (χ0) is 13.7. The van der Waals surface area contributed by atoms with Crippen molar-refractivity contribution in [2.45, 2.75) is 57.4 Å². The summed E-state index contributed by atoms with van der Waals surface area (Å²) >= 11 is 0. The number of nitrogens with one attached hydrogen (secondary N) is 1. The highest BCUT2D eigenvalue weighted by molar-refractivity contribution is 5.80. The molecule has 0 aliphatic heterocycles. The maximum atomic E-state index is 11.6. The Morgan fingerprint density at radius 2 is 1.95 bits per heavy atom. The molecule has 0 aromatic heterocycles. The predicted octanol–water partition coefficient (Wildman–Crippen LogP) is 2.43. The van der Waals surface area contributed by atoms with Gasteiger partial charge in [-0.25, -0.2) is 0 Å². The van der Waals surface area contributed by atoms with Gasteiger partial charge in [0.1, 0.15) is 5.54 Å². The first kappa shape index (κ1) is 14.8. The van der Waals surface area contributed by atoms with E-state index in [0.29, 0.717) is 19.1 Å². The van der Waals surface area contributed by atoms with Crippen LogP contribution in [0.1, 0.15) is 51.9 Å². The third kappa shape index (κ3) is 3.69. The molecule has 0 aromatic carbocycles. The molecule has 0 aromatic rings. The summed E-state index contributed by atoms with van der Waals surface area (Å²) in [7, 11) is 0. The summed E-state index contributed by atoms with van der Waals surface area (Å²) in [4.78, 5) is 11.6. The van der Waals surface area contributed by atoms with E-state index in [-0.39, 0.29) is 5.92 Å². The van der Waals surface area contributed by atoms with Gasteiger partial charge < -0.3 is 9.84 Å².